The van der Waals surface area contributed by atoms with Crippen LogP contribution in [0.3, 0.4) is 0 Å². The molecule has 4 rings (SSSR count). The molecule has 2 aromatic rings. The molecular formula is C27H32BNO4. The van der Waals surface area contributed by atoms with Crippen molar-refractivity contribution in [3.05, 3.63) is 84.4 Å². The molecule has 2 aliphatic rings. The van der Waals surface area contributed by atoms with E-state index in [1.807, 2.05) is 52.0 Å². The summed E-state index contributed by atoms with van der Waals surface area (Å²) in [4.78, 5) is 14.6. The van der Waals surface area contributed by atoms with Crippen LogP contribution in [-0.2, 0) is 14.0 Å². The van der Waals surface area contributed by atoms with Gasteiger partial charge in [-0.25, -0.2) is 4.79 Å². The van der Waals surface area contributed by atoms with E-state index in [-0.39, 0.29) is 19.1 Å². The van der Waals surface area contributed by atoms with E-state index in [0.717, 1.165) is 0 Å². The maximum absolute atomic E-state index is 13.1. The third-order valence-corrected chi connectivity index (χ3v) is 6.92. The van der Waals surface area contributed by atoms with Crippen LogP contribution in [0.5, 0.6) is 0 Å². The van der Waals surface area contributed by atoms with Gasteiger partial charge in [0.1, 0.15) is 6.61 Å². The topological polar surface area (TPSA) is 48.0 Å². The minimum absolute atomic E-state index is 0.0122. The fourth-order valence-electron chi connectivity index (χ4n) is 4.37. The van der Waals surface area contributed by atoms with E-state index in [9.17, 15) is 4.79 Å². The molecule has 172 valence electrons. The Morgan fingerprint density at radius 2 is 1.55 bits per heavy atom. The van der Waals surface area contributed by atoms with E-state index in [1.165, 1.54) is 22.3 Å². The number of carbonyl (C=O) groups is 1. The maximum Gasteiger partial charge on any atom is 0.491 e. The Balaban J connectivity index is 1.44. The average molecular weight is 445 g/mol. The van der Waals surface area contributed by atoms with Crippen molar-refractivity contribution in [2.75, 3.05) is 19.7 Å². The second-order valence-corrected chi connectivity index (χ2v) is 9.72. The fourth-order valence-corrected chi connectivity index (χ4v) is 4.37. The summed E-state index contributed by atoms with van der Waals surface area (Å²) < 4.78 is 18.0. The highest BCUT2D eigenvalue weighted by Gasteiger charge is 2.52. The van der Waals surface area contributed by atoms with E-state index in [4.69, 9.17) is 14.0 Å². The van der Waals surface area contributed by atoms with Crippen LogP contribution >= 0.6 is 0 Å². The molecule has 1 saturated heterocycles. The number of hydrogen-bond donors (Lipinski definition) is 0. The molecular weight excluding hydrogens is 413 g/mol. The quantitative estimate of drug-likeness (QED) is 0.411. The highest BCUT2D eigenvalue weighted by atomic mass is 16.7. The smallest absolute Gasteiger partial charge is 0.448 e. The first-order valence-corrected chi connectivity index (χ1v) is 11.4. The molecule has 6 heteroatoms. The number of benzene rings is 2. The summed E-state index contributed by atoms with van der Waals surface area (Å²) in [7, 11) is -0.580. The first-order chi connectivity index (χ1) is 15.6. The molecule has 0 N–H and O–H groups in total. The second-order valence-electron chi connectivity index (χ2n) is 9.72. The summed E-state index contributed by atoms with van der Waals surface area (Å²) in [5, 5.41) is 0. The zero-order chi connectivity index (χ0) is 23.8. The molecule has 0 aromatic heterocycles. The van der Waals surface area contributed by atoms with Crippen molar-refractivity contribution in [1.82, 2.24) is 4.90 Å². The van der Waals surface area contributed by atoms with E-state index in [0.29, 0.717) is 12.0 Å². The Kier molecular flexibility index (Phi) is 6.25. The van der Waals surface area contributed by atoms with Gasteiger partial charge < -0.3 is 18.9 Å². The van der Waals surface area contributed by atoms with Crippen LogP contribution in [0.4, 0.5) is 4.79 Å². The first kappa shape index (κ1) is 23.3. The number of ether oxygens (including phenoxy) is 1. The highest BCUT2D eigenvalue weighted by molar-refractivity contribution is 6.54. The number of carbonyl (C=O) groups excluding carboxylic acids is 1. The van der Waals surface area contributed by atoms with Gasteiger partial charge in [-0.1, -0.05) is 54.6 Å². The Morgan fingerprint density at radius 3 is 2.06 bits per heavy atom. The van der Waals surface area contributed by atoms with Gasteiger partial charge in [0.25, 0.3) is 0 Å². The third-order valence-electron chi connectivity index (χ3n) is 6.92. The van der Waals surface area contributed by atoms with Gasteiger partial charge in [0, 0.05) is 19.0 Å². The predicted octanol–water partition coefficient (Wildman–Crippen LogP) is 5.61. The van der Waals surface area contributed by atoms with E-state index in [2.05, 4.69) is 37.4 Å². The molecule has 2 aromatic carbocycles. The van der Waals surface area contributed by atoms with Crippen LogP contribution < -0.4 is 0 Å². The fraction of sp³-hybridized carbons (Fsp3) is 0.370. The lowest BCUT2D eigenvalue weighted by Crippen LogP contribution is -2.41. The first-order valence-electron chi connectivity index (χ1n) is 11.4. The van der Waals surface area contributed by atoms with Crippen molar-refractivity contribution < 1.29 is 18.8 Å². The number of hydrogen-bond acceptors (Lipinski definition) is 4. The molecule has 0 spiro atoms. The van der Waals surface area contributed by atoms with Crippen LogP contribution in [0.25, 0.3) is 11.1 Å². The Bertz CT molecular complexity index is 1020. The molecule has 0 radical (unpaired) electrons. The minimum Gasteiger partial charge on any atom is -0.448 e. The van der Waals surface area contributed by atoms with E-state index < -0.39 is 24.4 Å². The lowest BCUT2D eigenvalue weighted by atomic mass is 9.79. The summed E-state index contributed by atoms with van der Waals surface area (Å²) in [6.45, 7) is 16.8. The lowest BCUT2D eigenvalue weighted by molar-refractivity contribution is 0.00578. The maximum atomic E-state index is 13.1. The van der Waals surface area contributed by atoms with Gasteiger partial charge in [-0.2, -0.15) is 0 Å². The Labute approximate surface area is 197 Å². The molecule has 0 atom stereocenters. The standard InChI is InChI=1S/C27H32BNO4/c1-7-16-29(17-19(2)28-32-26(3,4)27(5,6)33-28)25(30)31-18-24-22-14-10-8-12-20(22)21-13-9-11-15-23(21)24/h7-15,24H,1-2,16-18H2,3-6H3. The number of amides is 1. The van der Waals surface area contributed by atoms with Crippen molar-refractivity contribution >= 4 is 13.2 Å². The summed E-state index contributed by atoms with van der Waals surface area (Å²) >= 11 is 0. The van der Waals surface area contributed by atoms with Gasteiger partial charge in [0.15, 0.2) is 0 Å². The largest absolute Gasteiger partial charge is 0.491 e. The monoisotopic (exact) mass is 445 g/mol. The van der Waals surface area contributed by atoms with Crippen molar-refractivity contribution in [2.24, 2.45) is 0 Å². The van der Waals surface area contributed by atoms with Crippen LogP contribution in [0.15, 0.2) is 73.2 Å². The molecule has 33 heavy (non-hydrogen) atoms. The zero-order valence-corrected chi connectivity index (χ0v) is 20.0. The van der Waals surface area contributed by atoms with Crippen molar-refractivity contribution in [3.63, 3.8) is 0 Å². The molecule has 5 nitrogen and oxygen atoms in total. The Hall–Kier alpha value is -2.83. The predicted molar refractivity (Wildman–Crippen MR) is 132 cm³/mol. The molecule has 1 aliphatic carbocycles. The molecule has 1 fully saturated rings. The third kappa shape index (κ3) is 4.38. The minimum atomic E-state index is -0.580. The normalized spacial score (nSPS) is 17.9. The van der Waals surface area contributed by atoms with Crippen molar-refractivity contribution in [2.45, 2.75) is 44.8 Å². The second kappa shape index (κ2) is 8.84. The van der Waals surface area contributed by atoms with Crippen molar-refractivity contribution in [1.29, 1.82) is 0 Å². The molecule has 1 amide bonds. The van der Waals surface area contributed by atoms with E-state index in [1.54, 1.807) is 11.0 Å². The van der Waals surface area contributed by atoms with Crippen LogP contribution in [0.2, 0.25) is 0 Å². The number of fused-ring (bicyclic) bond motifs is 3. The van der Waals surface area contributed by atoms with Gasteiger partial charge >= 0.3 is 13.2 Å². The van der Waals surface area contributed by atoms with Crippen LogP contribution in [-0.4, -0.2) is 49.0 Å². The molecule has 0 bridgehead atoms. The summed E-state index contributed by atoms with van der Waals surface area (Å²) in [5.41, 5.74) is 4.51. The van der Waals surface area contributed by atoms with Gasteiger partial charge in [-0.15, -0.1) is 13.2 Å². The number of rotatable bonds is 7. The van der Waals surface area contributed by atoms with Gasteiger partial charge in [0.2, 0.25) is 0 Å². The summed E-state index contributed by atoms with van der Waals surface area (Å²) in [5.74, 6) is 0.0122. The van der Waals surface area contributed by atoms with Crippen LogP contribution in [0.1, 0.15) is 44.7 Å². The molecule has 1 aliphatic heterocycles. The highest BCUT2D eigenvalue weighted by Crippen LogP contribution is 2.44. The average Bonchev–Trinajstić information content (AvgIpc) is 3.21. The van der Waals surface area contributed by atoms with E-state index >= 15 is 0 Å². The lowest BCUT2D eigenvalue weighted by Gasteiger charge is -2.32. The summed E-state index contributed by atoms with van der Waals surface area (Å²) in [6.07, 6.45) is 1.27. The van der Waals surface area contributed by atoms with Crippen molar-refractivity contribution in [3.8, 4) is 11.1 Å². The van der Waals surface area contributed by atoms with Crippen LogP contribution in [0, 0.1) is 0 Å². The Morgan fingerprint density at radius 1 is 1.03 bits per heavy atom. The summed E-state index contributed by atoms with van der Waals surface area (Å²) in [6, 6.07) is 16.6. The number of nitrogens with zero attached hydrogens (tertiary/aromatic N) is 1. The SMILES string of the molecule is C=CCN(CC(=C)B1OC(C)(C)C(C)(C)O1)C(=O)OCC1c2ccccc2-c2ccccc21. The molecule has 0 saturated carbocycles. The van der Waals surface area contributed by atoms with Gasteiger partial charge in [-0.05, 0) is 55.4 Å². The van der Waals surface area contributed by atoms with Gasteiger partial charge in [-0.3, -0.25) is 0 Å². The molecule has 1 heterocycles. The van der Waals surface area contributed by atoms with Gasteiger partial charge in [0.05, 0.1) is 11.2 Å². The zero-order valence-electron chi connectivity index (χ0n) is 20.0. The molecule has 0 unspecified atom stereocenters.